The molecule has 0 saturated heterocycles. The minimum absolute atomic E-state index is 0.198. The molecule has 0 aliphatic carbocycles. The molecule has 0 saturated carbocycles. The van der Waals surface area contributed by atoms with Crippen LogP contribution >= 0.6 is 11.6 Å². The second kappa shape index (κ2) is 5.59. The van der Waals surface area contributed by atoms with Crippen LogP contribution in [0.3, 0.4) is 0 Å². The predicted molar refractivity (Wildman–Crippen MR) is 61.1 cm³/mol. The Labute approximate surface area is 94.3 Å². The maximum absolute atomic E-state index is 9.24. The second-order valence-corrected chi connectivity index (χ2v) is 3.64. The molecule has 1 atom stereocenters. The fourth-order valence-electron chi connectivity index (χ4n) is 1.14. The van der Waals surface area contributed by atoms with Crippen LogP contribution in [0.4, 0.5) is 5.69 Å². The number of nitriles is 1. The number of hydrogen-bond acceptors (Lipinski definition) is 3. The quantitative estimate of drug-likeness (QED) is 0.768. The summed E-state index contributed by atoms with van der Waals surface area (Å²) >= 11 is 5.46. The zero-order chi connectivity index (χ0) is 11.3. The Kier molecular flexibility index (Phi) is 4.41. The number of anilines is 1. The summed E-state index contributed by atoms with van der Waals surface area (Å²) < 4.78 is 0. The van der Waals surface area contributed by atoms with E-state index in [9.17, 15) is 5.11 Å². The van der Waals surface area contributed by atoms with Crippen molar-refractivity contribution >= 4 is 17.3 Å². The van der Waals surface area contributed by atoms with E-state index in [0.29, 0.717) is 12.1 Å². The van der Waals surface area contributed by atoms with E-state index in [-0.39, 0.29) is 5.88 Å². The molecule has 0 aliphatic rings. The van der Waals surface area contributed by atoms with Crippen LogP contribution in [0.2, 0.25) is 0 Å². The van der Waals surface area contributed by atoms with Crippen LogP contribution in [-0.2, 0) is 0 Å². The van der Waals surface area contributed by atoms with Crippen molar-refractivity contribution < 1.29 is 5.11 Å². The summed E-state index contributed by atoms with van der Waals surface area (Å²) in [5.74, 6) is 0.198. The number of aliphatic hydroxyl groups excluding tert-OH is 1. The van der Waals surface area contributed by atoms with Crippen LogP contribution < -0.4 is 5.32 Å². The van der Waals surface area contributed by atoms with Gasteiger partial charge in [0.2, 0.25) is 0 Å². The first-order valence-electron chi connectivity index (χ1n) is 4.66. The van der Waals surface area contributed by atoms with Crippen molar-refractivity contribution in [2.45, 2.75) is 13.0 Å². The zero-order valence-electron chi connectivity index (χ0n) is 8.50. The number of aryl methyl sites for hydroxylation is 1. The highest BCUT2D eigenvalue weighted by molar-refractivity contribution is 6.18. The Bertz CT molecular complexity index is 373. The van der Waals surface area contributed by atoms with Crippen LogP contribution in [0.1, 0.15) is 11.1 Å². The molecule has 4 heteroatoms. The highest BCUT2D eigenvalue weighted by atomic mass is 35.5. The van der Waals surface area contributed by atoms with Gasteiger partial charge < -0.3 is 10.4 Å². The second-order valence-electron chi connectivity index (χ2n) is 3.33. The third kappa shape index (κ3) is 3.43. The van der Waals surface area contributed by atoms with Gasteiger partial charge in [0, 0.05) is 12.2 Å². The monoisotopic (exact) mass is 224 g/mol. The van der Waals surface area contributed by atoms with Crippen molar-refractivity contribution in [2.75, 3.05) is 17.7 Å². The lowest BCUT2D eigenvalue weighted by molar-refractivity contribution is 0.211. The van der Waals surface area contributed by atoms with Gasteiger partial charge in [-0.25, -0.2) is 0 Å². The van der Waals surface area contributed by atoms with Crippen molar-refractivity contribution in [3.05, 3.63) is 29.3 Å². The lowest BCUT2D eigenvalue weighted by atomic mass is 10.1. The lowest BCUT2D eigenvalue weighted by Gasteiger charge is -2.10. The summed E-state index contributed by atoms with van der Waals surface area (Å²) in [5.41, 5.74) is 2.41. The van der Waals surface area contributed by atoms with Crippen molar-refractivity contribution in [3.8, 4) is 6.07 Å². The van der Waals surface area contributed by atoms with Gasteiger partial charge in [-0.05, 0) is 24.6 Å². The van der Waals surface area contributed by atoms with Gasteiger partial charge in [-0.2, -0.15) is 5.26 Å². The topological polar surface area (TPSA) is 56.0 Å². The maximum atomic E-state index is 9.24. The van der Waals surface area contributed by atoms with Gasteiger partial charge in [0.25, 0.3) is 0 Å². The molecule has 3 nitrogen and oxygen atoms in total. The van der Waals surface area contributed by atoms with Crippen molar-refractivity contribution in [1.82, 2.24) is 0 Å². The standard InChI is InChI=1S/C11H13ClN2O/c1-8-2-3-10(4-9(8)6-13)14-7-11(15)5-12/h2-4,11,14-15H,5,7H2,1H3. The molecule has 1 rings (SSSR count). The van der Waals surface area contributed by atoms with E-state index >= 15 is 0 Å². The van der Waals surface area contributed by atoms with Crippen LogP contribution in [-0.4, -0.2) is 23.6 Å². The van der Waals surface area contributed by atoms with Crippen LogP contribution in [0.25, 0.3) is 0 Å². The van der Waals surface area contributed by atoms with Gasteiger partial charge in [0.1, 0.15) is 0 Å². The summed E-state index contributed by atoms with van der Waals surface area (Å²) in [6.07, 6.45) is -0.571. The molecule has 0 heterocycles. The fraction of sp³-hybridized carbons (Fsp3) is 0.364. The summed E-state index contributed by atoms with van der Waals surface area (Å²) in [6, 6.07) is 7.61. The van der Waals surface area contributed by atoms with Crippen LogP contribution in [0, 0.1) is 18.3 Å². The van der Waals surface area contributed by atoms with Gasteiger partial charge in [-0.3, -0.25) is 0 Å². The van der Waals surface area contributed by atoms with Crippen molar-refractivity contribution in [2.24, 2.45) is 0 Å². The molecular formula is C11H13ClN2O. The average Bonchev–Trinajstić information content (AvgIpc) is 2.27. The van der Waals surface area contributed by atoms with Crippen molar-refractivity contribution in [3.63, 3.8) is 0 Å². The Hall–Kier alpha value is -1.24. The van der Waals surface area contributed by atoms with E-state index in [1.807, 2.05) is 19.1 Å². The number of nitrogens with one attached hydrogen (secondary N) is 1. The molecular weight excluding hydrogens is 212 g/mol. The number of alkyl halides is 1. The normalized spacial score (nSPS) is 11.9. The molecule has 15 heavy (non-hydrogen) atoms. The van der Waals surface area contributed by atoms with Crippen molar-refractivity contribution in [1.29, 1.82) is 5.26 Å². The molecule has 1 aromatic rings. The van der Waals surface area contributed by atoms with Gasteiger partial charge >= 0.3 is 0 Å². The molecule has 0 aliphatic heterocycles. The van der Waals surface area contributed by atoms with E-state index in [1.54, 1.807) is 6.07 Å². The Balaban J connectivity index is 2.67. The highest BCUT2D eigenvalue weighted by Gasteiger charge is 2.03. The number of nitrogens with zero attached hydrogens (tertiary/aromatic N) is 1. The Morgan fingerprint density at radius 3 is 2.93 bits per heavy atom. The zero-order valence-corrected chi connectivity index (χ0v) is 9.25. The minimum Gasteiger partial charge on any atom is -0.390 e. The number of benzene rings is 1. The summed E-state index contributed by atoms with van der Waals surface area (Å²) in [4.78, 5) is 0. The van der Waals surface area contributed by atoms with Gasteiger partial charge in [0.05, 0.1) is 23.6 Å². The Morgan fingerprint density at radius 2 is 2.33 bits per heavy atom. The smallest absolute Gasteiger partial charge is 0.0995 e. The minimum atomic E-state index is -0.571. The fourth-order valence-corrected chi connectivity index (χ4v) is 1.25. The number of rotatable bonds is 4. The number of aliphatic hydroxyl groups is 1. The number of halogens is 1. The third-order valence-corrected chi connectivity index (χ3v) is 2.43. The van der Waals surface area contributed by atoms with Crippen LogP contribution in [0.15, 0.2) is 18.2 Å². The SMILES string of the molecule is Cc1ccc(NCC(O)CCl)cc1C#N. The Morgan fingerprint density at radius 1 is 1.60 bits per heavy atom. The molecule has 0 fully saturated rings. The highest BCUT2D eigenvalue weighted by Crippen LogP contribution is 2.14. The van der Waals surface area contributed by atoms with Crippen LogP contribution in [0.5, 0.6) is 0 Å². The molecule has 0 spiro atoms. The lowest BCUT2D eigenvalue weighted by Crippen LogP contribution is -2.20. The van der Waals surface area contributed by atoms with Gasteiger partial charge in [-0.15, -0.1) is 11.6 Å². The maximum Gasteiger partial charge on any atom is 0.0995 e. The first-order chi connectivity index (χ1) is 7.17. The average molecular weight is 225 g/mol. The van der Waals surface area contributed by atoms with E-state index in [2.05, 4.69) is 11.4 Å². The largest absolute Gasteiger partial charge is 0.390 e. The predicted octanol–water partition coefficient (Wildman–Crippen LogP) is 1.88. The van der Waals surface area contributed by atoms with E-state index in [0.717, 1.165) is 11.3 Å². The van der Waals surface area contributed by atoms with E-state index < -0.39 is 6.10 Å². The molecule has 1 unspecified atom stereocenters. The van der Waals surface area contributed by atoms with E-state index in [4.69, 9.17) is 16.9 Å². The molecule has 1 aromatic carbocycles. The molecule has 0 amide bonds. The van der Waals surface area contributed by atoms with E-state index in [1.165, 1.54) is 0 Å². The number of hydrogen-bond donors (Lipinski definition) is 2. The molecule has 0 aromatic heterocycles. The molecule has 0 radical (unpaired) electrons. The molecule has 2 N–H and O–H groups in total. The first-order valence-corrected chi connectivity index (χ1v) is 5.19. The van der Waals surface area contributed by atoms with Gasteiger partial charge in [-0.1, -0.05) is 6.07 Å². The molecule has 0 bridgehead atoms. The summed E-state index contributed by atoms with van der Waals surface area (Å²) in [7, 11) is 0. The van der Waals surface area contributed by atoms with Gasteiger partial charge in [0.15, 0.2) is 0 Å². The summed E-state index contributed by atoms with van der Waals surface area (Å²) in [5, 5.41) is 21.1. The molecule has 80 valence electrons. The summed E-state index contributed by atoms with van der Waals surface area (Å²) in [6.45, 7) is 2.27. The first kappa shape index (κ1) is 11.8. The third-order valence-electron chi connectivity index (χ3n) is 2.08.